The molecule has 4 aromatic rings. The maximum Gasteiger partial charge on any atom is 0.251 e. The number of ether oxygens (including phenoxy) is 3. The van der Waals surface area contributed by atoms with Gasteiger partial charge in [-0.05, 0) is 59.9 Å². The molecule has 7 heteroatoms. The van der Waals surface area contributed by atoms with Crippen LogP contribution < -0.4 is 19.5 Å². The minimum Gasteiger partial charge on any atom is -0.497 e. The fourth-order valence-electron chi connectivity index (χ4n) is 4.92. The fraction of sp³-hybridized carbons (Fsp3) is 0.273. The highest BCUT2D eigenvalue weighted by molar-refractivity contribution is 5.94. The molecule has 1 fully saturated rings. The third-order valence-corrected chi connectivity index (χ3v) is 7.21. The van der Waals surface area contributed by atoms with Crippen molar-refractivity contribution in [1.29, 1.82) is 0 Å². The number of likely N-dealkylation sites (tertiary alicyclic amines) is 1. The summed E-state index contributed by atoms with van der Waals surface area (Å²) in [5.41, 5.74) is 4.88. The number of pyridine rings is 1. The first-order chi connectivity index (χ1) is 19.6. The van der Waals surface area contributed by atoms with E-state index in [1.165, 1.54) is 0 Å². The number of methoxy groups -OCH3 is 2. The molecule has 1 aliphatic heterocycles. The quantitative estimate of drug-likeness (QED) is 0.278. The van der Waals surface area contributed by atoms with Gasteiger partial charge in [0, 0.05) is 49.6 Å². The summed E-state index contributed by atoms with van der Waals surface area (Å²) in [6.45, 7) is 3.07. The van der Waals surface area contributed by atoms with Gasteiger partial charge in [-0.25, -0.2) is 4.98 Å². The normalized spacial score (nSPS) is 13.9. The van der Waals surface area contributed by atoms with Gasteiger partial charge in [-0.15, -0.1) is 0 Å². The molecule has 1 amide bonds. The van der Waals surface area contributed by atoms with E-state index in [-0.39, 0.29) is 12.0 Å². The van der Waals surface area contributed by atoms with Crippen LogP contribution in [0, 0.1) is 0 Å². The number of piperidine rings is 1. The van der Waals surface area contributed by atoms with E-state index in [0.717, 1.165) is 66.2 Å². The highest BCUT2D eigenvalue weighted by Gasteiger charge is 2.22. The smallest absolute Gasteiger partial charge is 0.251 e. The van der Waals surface area contributed by atoms with Crippen molar-refractivity contribution in [2.24, 2.45) is 0 Å². The molecule has 0 aliphatic carbocycles. The zero-order valence-corrected chi connectivity index (χ0v) is 23.0. The molecule has 2 heterocycles. The lowest BCUT2D eigenvalue weighted by atomic mass is 10.0. The van der Waals surface area contributed by atoms with Crippen molar-refractivity contribution in [2.45, 2.75) is 32.0 Å². The van der Waals surface area contributed by atoms with Crippen molar-refractivity contribution in [3.05, 3.63) is 108 Å². The summed E-state index contributed by atoms with van der Waals surface area (Å²) in [5.74, 6) is 2.21. The Kier molecular flexibility index (Phi) is 8.93. The standard InChI is InChI=1S/C33H35N3O4/c1-38-30-13-14-31(39-2)28(20-30)23-36-18-16-29(17-19-36)40-32-15-8-24(21-34-32)22-35-33(37)27-11-9-26(10-12-27)25-6-4-3-5-7-25/h3-15,20-21,29H,16-19,22-23H2,1-2H3,(H,35,37). The predicted octanol–water partition coefficient (Wildman–Crippen LogP) is 5.74. The molecule has 40 heavy (non-hydrogen) atoms. The van der Waals surface area contributed by atoms with Crippen molar-refractivity contribution < 1.29 is 19.0 Å². The second-order valence-corrected chi connectivity index (χ2v) is 9.90. The molecule has 1 aromatic heterocycles. The van der Waals surface area contributed by atoms with Gasteiger partial charge in [0.05, 0.1) is 14.2 Å². The summed E-state index contributed by atoms with van der Waals surface area (Å²) in [7, 11) is 3.37. The number of carbonyl (C=O) groups is 1. The lowest BCUT2D eigenvalue weighted by molar-refractivity contribution is 0.0927. The van der Waals surface area contributed by atoms with Crippen LogP contribution in [0.15, 0.2) is 91.1 Å². The first kappa shape index (κ1) is 27.2. The summed E-state index contributed by atoms with van der Waals surface area (Å²) >= 11 is 0. The first-order valence-corrected chi connectivity index (χ1v) is 13.6. The van der Waals surface area contributed by atoms with Gasteiger partial charge >= 0.3 is 0 Å². The van der Waals surface area contributed by atoms with Crippen LogP contribution in [0.2, 0.25) is 0 Å². The Bertz CT molecular complexity index is 1380. The SMILES string of the molecule is COc1ccc(OC)c(CN2CCC(Oc3ccc(CNC(=O)c4ccc(-c5ccccc5)cc4)cn3)CC2)c1. The van der Waals surface area contributed by atoms with E-state index < -0.39 is 0 Å². The average molecular weight is 538 g/mol. The molecule has 1 saturated heterocycles. The van der Waals surface area contributed by atoms with Crippen molar-refractivity contribution in [1.82, 2.24) is 15.2 Å². The molecule has 0 spiro atoms. The summed E-state index contributed by atoms with van der Waals surface area (Å²) in [6, 6.07) is 27.5. The molecular formula is C33H35N3O4. The molecule has 1 aliphatic rings. The Morgan fingerprint density at radius 3 is 2.33 bits per heavy atom. The van der Waals surface area contributed by atoms with Gasteiger partial charge < -0.3 is 19.5 Å². The van der Waals surface area contributed by atoms with E-state index in [4.69, 9.17) is 14.2 Å². The molecule has 5 rings (SSSR count). The van der Waals surface area contributed by atoms with Gasteiger partial charge in [0.2, 0.25) is 5.88 Å². The number of hydrogen-bond acceptors (Lipinski definition) is 6. The van der Waals surface area contributed by atoms with Gasteiger partial charge in [0.25, 0.3) is 5.91 Å². The lowest BCUT2D eigenvalue weighted by Crippen LogP contribution is -2.38. The molecule has 3 aromatic carbocycles. The van der Waals surface area contributed by atoms with E-state index in [1.54, 1.807) is 20.4 Å². The predicted molar refractivity (Wildman–Crippen MR) is 156 cm³/mol. The Balaban J connectivity index is 1.07. The third-order valence-electron chi connectivity index (χ3n) is 7.21. The molecule has 0 atom stereocenters. The Labute approximate surface area is 235 Å². The van der Waals surface area contributed by atoms with E-state index in [2.05, 4.69) is 27.3 Å². The van der Waals surface area contributed by atoms with Gasteiger partial charge in [-0.3, -0.25) is 9.69 Å². The van der Waals surface area contributed by atoms with E-state index in [1.807, 2.05) is 72.8 Å². The summed E-state index contributed by atoms with van der Waals surface area (Å²) < 4.78 is 17.1. The van der Waals surface area contributed by atoms with Crippen LogP contribution in [0.5, 0.6) is 17.4 Å². The molecule has 0 radical (unpaired) electrons. The van der Waals surface area contributed by atoms with Gasteiger partial charge in [0.1, 0.15) is 17.6 Å². The van der Waals surface area contributed by atoms with Crippen LogP contribution >= 0.6 is 0 Å². The maximum absolute atomic E-state index is 12.6. The number of nitrogens with one attached hydrogen (secondary N) is 1. The summed E-state index contributed by atoms with van der Waals surface area (Å²) in [5, 5.41) is 2.97. The second-order valence-electron chi connectivity index (χ2n) is 9.90. The van der Waals surface area contributed by atoms with E-state index >= 15 is 0 Å². The Hall–Kier alpha value is -4.36. The average Bonchev–Trinajstić information content (AvgIpc) is 3.02. The number of rotatable bonds is 10. The summed E-state index contributed by atoms with van der Waals surface area (Å²) in [4.78, 5) is 19.5. The van der Waals surface area contributed by atoms with Crippen LogP contribution in [0.3, 0.4) is 0 Å². The van der Waals surface area contributed by atoms with Crippen molar-refractivity contribution in [3.63, 3.8) is 0 Å². The van der Waals surface area contributed by atoms with Crippen molar-refractivity contribution >= 4 is 5.91 Å². The number of hydrogen-bond donors (Lipinski definition) is 1. The molecule has 7 nitrogen and oxygen atoms in total. The zero-order chi connectivity index (χ0) is 27.7. The highest BCUT2D eigenvalue weighted by atomic mass is 16.5. The first-order valence-electron chi connectivity index (χ1n) is 13.6. The van der Waals surface area contributed by atoms with Gasteiger partial charge in [-0.2, -0.15) is 0 Å². The lowest BCUT2D eigenvalue weighted by Gasteiger charge is -2.32. The number of nitrogens with zero attached hydrogens (tertiary/aromatic N) is 2. The van der Waals surface area contributed by atoms with Crippen LogP contribution in [0.4, 0.5) is 0 Å². The van der Waals surface area contributed by atoms with Crippen LogP contribution in [0.1, 0.15) is 34.3 Å². The monoisotopic (exact) mass is 537 g/mol. The van der Waals surface area contributed by atoms with Crippen LogP contribution in [-0.2, 0) is 13.1 Å². The third kappa shape index (κ3) is 6.98. The van der Waals surface area contributed by atoms with Crippen molar-refractivity contribution in [2.75, 3.05) is 27.3 Å². The number of carbonyl (C=O) groups excluding carboxylic acids is 1. The van der Waals surface area contributed by atoms with Gasteiger partial charge in [-0.1, -0.05) is 48.5 Å². The highest BCUT2D eigenvalue weighted by Crippen LogP contribution is 2.27. The van der Waals surface area contributed by atoms with Crippen LogP contribution in [-0.4, -0.2) is 49.2 Å². The Morgan fingerprint density at radius 1 is 0.900 bits per heavy atom. The largest absolute Gasteiger partial charge is 0.497 e. The molecule has 0 saturated carbocycles. The maximum atomic E-state index is 12.6. The molecular weight excluding hydrogens is 502 g/mol. The molecule has 0 bridgehead atoms. The van der Waals surface area contributed by atoms with E-state index in [0.29, 0.717) is 18.0 Å². The van der Waals surface area contributed by atoms with Gasteiger partial charge in [0.15, 0.2) is 0 Å². The summed E-state index contributed by atoms with van der Waals surface area (Å²) in [6.07, 6.45) is 3.74. The zero-order valence-electron chi connectivity index (χ0n) is 23.0. The molecule has 206 valence electrons. The molecule has 1 N–H and O–H groups in total. The number of aromatic nitrogens is 1. The molecule has 0 unspecified atom stereocenters. The number of amides is 1. The minimum absolute atomic E-state index is 0.113. The number of benzene rings is 3. The van der Waals surface area contributed by atoms with Crippen LogP contribution in [0.25, 0.3) is 11.1 Å². The van der Waals surface area contributed by atoms with E-state index in [9.17, 15) is 4.79 Å². The van der Waals surface area contributed by atoms with Crippen molar-refractivity contribution in [3.8, 4) is 28.5 Å². The topological polar surface area (TPSA) is 72.9 Å². The minimum atomic E-state index is -0.113. The Morgan fingerprint density at radius 2 is 1.65 bits per heavy atom. The fourth-order valence-corrected chi connectivity index (χ4v) is 4.92. The second kappa shape index (κ2) is 13.1.